The number of nitrogens with one attached hydrogen (secondary N) is 2. The quantitative estimate of drug-likeness (QED) is 0.534. The number of carbonyl (C=O) groups excluding carboxylic acids is 1. The van der Waals surface area contributed by atoms with Crippen molar-refractivity contribution < 1.29 is 14.8 Å². The predicted octanol–water partition coefficient (Wildman–Crippen LogP) is 0.256. The van der Waals surface area contributed by atoms with E-state index in [2.05, 4.69) is 10.6 Å². The Morgan fingerprint density at radius 1 is 1.48 bits per heavy atom. The number of halogens is 1. The van der Waals surface area contributed by atoms with Gasteiger partial charge in [-0.1, -0.05) is 12.1 Å². The van der Waals surface area contributed by atoms with E-state index in [1.54, 1.807) is 12.1 Å². The third-order valence-corrected chi connectivity index (χ3v) is 3.35. The van der Waals surface area contributed by atoms with Crippen LogP contribution in [0.1, 0.15) is 5.56 Å². The van der Waals surface area contributed by atoms with Crippen LogP contribution in [0, 0.1) is 16.0 Å². The van der Waals surface area contributed by atoms with Gasteiger partial charge in [0.15, 0.2) is 0 Å². The molecular formula is C13H18ClN3O4. The fraction of sp³-hybridized carbons (Fsp3) is 0.462. The zero-order chi connectivity index (χ0) is 14.5. The number of hydrogen-bond donors (Lipinski definition) is 3. The maximum Gasteiger partial charge on any atom is 0.269 e. The van der Waals surface area contributed by atoms with Crippen LogP contribution in [0.4, 0.5) is 5.69 Å². The van der Waals surface area contributed by atoms with Crippen LogP contribution in [0.2, 0.25) is 0 Å². The molecule has 2 atom stereocenters. The lowest BCUT2D eigenvalue weighted by atomic mass is 10.1. The van der Waals surface area contributed by atoms with E-state index in [9.17, 15) is 20.0 Å². The van der Waals surface area contributed by atoms with Crippen molar-refractivity contribution in [1.82, 2.24) is 10.6 Å². The second-order valence-corrected chi connectivity index (χ2v) is 4.89. The summed E-state index contributed by atoms with van der Waals surface area (Å²) in [5.41, 5.74) is 0.576. The number of aliphatic hydroxyl groups is 1. The molecule has 0 aliphatic carbocycles. The smallest absolute Gasteiger partial charge is 0.269 e. The number of non-ortho nitro benzene ring substituents is 1. The first-order valence-corrected chi connectivity index (χ1v) is 6.45. The van der Waals surface area contributed by atoms with Gasteiger partial charge in [-0.3, -0.25) is 14.9 Å². The maximum atomic E-state index is 11.8. The highest BCUT2D eigenvalue weighted by atomic mass is 35.5. The molecule has 1 saturated heterocycles. The van der Waals surface area contributed by atoms with Gasteiger partial charge in [-0.15, -0.1) is 12.4 Å². The summed E-state index contributed by atoms with van der Waals surface area (Å²) >= 11 is 0. The molecule has 0 radical (unpaired) electrons. The zero-order valence-electron chi connectivity index (χ0n) is 11.3. The van der Waals surface area contributed by atoms with Gasteiger partial charge in [-0.25, -0.2) is 0 Å². The van der Waals surface area contributed by atoms with Crippen LogP contribution < -0.4 is 10.6 Å². The second kappa shape index (κ2) is 7.92. The lowest BCUT2D eigenvalue weighted by Crippen LogP contribution is -2.35. The van der Waals surface area contributed by atoms with Gasteiger partial charge in [0.2, 0.25) is 5.91 Å². The minimum atomic E-state index is -0.484. The molecule has 116 valence electrons. The molecule has 1 aliphatic rings. The molecule has 8 heteroatoms. The molecular weight excluding hydrogens is 298 g/mol. The fourth-order valence-corrected chi connectivity index (χ4v) is 2.20. The van der Waals surface area contributed by atoms with E-state index < -0.39 is 11.0 Å². The van der Waals surface area contributed by atoms with E-state index in [1.807, 2.05) is 0 Å². The van der Waals surface area contributed by atoms with Crippen molar-refractivity contribution in [3.63, 3.8) is 0 Å². The van der Waals surface area contributed by atoms with Crippen LogP contribution in [0.25, 0.3) is 0 Å². The van der Waals surface area contributed by atoms with Crippen molar-refractivity contribution in [3.05, 3.63) is 39.9 Å². The predicted molar refractivity (Wildman–Crippen MR) is 79.4 cm³/mol. The Bertz CT molecular complexity index is 512. The van der Waals surface area contributed by atoms with Crippen molar-refractivity contribution in [1.29, 1.82) is 0 Å². The second-order valence-electron chi connectivity index (χ2n) is 4.89. The molecule has 1 fully saturated rings. The number of benzene rings is 1. The highest BCUT2D eigenvalue weighted by Crippen LogP contribution is 2.13. The number of β-amino-alcohol motifs (C(OH)–C–C–N with tert-alkyl or cyclic N) is 1. The summed E-state index contributed by atoms with van der Waals surface area (Å²) in [5, 5.41) is 26.0. The summed E-state index contributed by atoms with van der Waals surface area (Å²) in [5.74, 6) is -0.186. The highest BCUT2D eigenvalue weighted by Gasteiger charge is 2.24. The summed E-state index contributed by atoms with van der Waals surface area (Å²) in [6.07, 6.45) is -0.342. The van der Waals surface area contributed by atoms with Crippen molar-refractivity contribution in [2.24, 2.45) is 5.92 Å². The SMILES string of the molecule is Cl.O=C(Cc1cccc([N+](=O)[O-])c1)NCC1CNCC1O. The number of nitro benzene ring substituents is 1. The van der Waals surface area contributed by atoms with E-state index in [0.29, 0.717) is 25.2 Å². The first-order valence-electron chi connectivity index (χ1n) is 6.45. The first kappa shape index (κ1) is 17.4. The van der Waals surface area contributed by atoms with Crippen LogP contribution >= 0.6 is 12.4 Å². The largest absolute Gasteiger partial charge is 0.391 e. The average Bonchev–Trinajstić information content (AvgIpc) is 2.82. The fourth-order valence-electron chi connectivity index (χ4n) is 2.20. The number of aliphatic hydroxyl groups excluding tert-OH is 1. The molecule has 2 unspecified atom stereocenters. The number of nitrogens with zero attached hydrogens (tertiary/aromatic N) is 1. The van der Waals surface area contributed by atoms with Crippen molar-refractivity contribution in [2.45, 2.75) is 12.5 Å². The normalized spacial score (nSPS) is 20.6. The monoisotopic (exact) mass is 315 g/mol. The lowest BCUT2D eigenvalue weighted by Gasteiger charge is -2.14. The van der Waals surface area contributed by atoms with Gasteiger partial charge in [0.1, 0.15) is 0 Å². The molecule has 0 aromatic heterocycles. The molecule has 1 aromatic carbocycles. The van der Waals surface area contributed by atoms with Gasteiger partial charge in [0.05, 0.1) is 17.4 Å². The summed E-state index contributed by atoms with van der Waals surface area (Å²) in [7, 11) is 0. The van der Waals surface area contributed by atoms with Gasteiger partial charge < -0.3 is 15.7 Å². The van der Waals surface area contributed by atoms with E-state index in [1.165, 1.54) is 12.1 Å². The average molecular weight is 316 g/mol. The molecule has 1 heterocycles. The molecule has 0 bridgehead atoms. The van der Waals surface area contributed by atoms with Gasteiger partial charge in [0.25, 0.3) is 5.69 Å². The Balaban J connectivity index is 0.00000220. The van der Waals surface area contributed by atoms with Crippen LogP contribution in [-0.4, -0.2) is 41.7 Å². The Kier molecular flexibility index (Phi) is 6.54. The van der Waals surface area contributed by atoms with Gasteiger partial charge >= 0.3 is 0 Å². The molecule has 2 rings (SSSR count). The Morgan fingerprint density at radius 2 is 2.24 bits per heavy atom. The van der Waals surface area contributed by atoms with E-state index in [0.717, 1.165) is 0 Å². The number of hydrogen-bond acceptors (Lipinski definition) is 5. The van der Waals surface area contributed by atoms with Crippen LogP contribution in [0.15, 0.2) is 24.3 Å². The molecule has 1 amide bonds. The number of nitro groups is 1. The van der Waals surface area contributed by atoms with Crippen LogP contribution in [-0.2, 0) is 11.2 Å². The minimum Gasteiger partial charge on any atom is -0.391 e. The number of rotatable bonds is 5. The summed E-state index contributed by atoms with van der Waals surface area (Å²) in [6.45, 7) is 1.63. The van der Waals surface area contributed by atoms with Crippen LogP contribution in [0.3, 0.4) is 0 Å². The molecule has 21 heavy (non-hydrogen) atoms. The van der Waals surface area contributed by atoms with E-state index >= 15 is 0 Å². The zero-order valence-corrected chi connectivity index (χ0v) is 12.1. The van der Waals surface area contributed by atoms with Gasteiger partial charge in [0, 0.05) is 37.7 Å². The number of amides is 1. The topological polar surface area (TPSA) is 104 Å². The first-order chi connectivity index (χ1) is 9.56. The summed E-state index contributed by atoms with van der Waals surface area (Å²) in [6, 6.07) is 6.03. The molecule has 0 saturated carbocycles. The molecule has 7 nitrogen and oxygen atoms in total. The van der Waals surface area contributed by atoms with Crippen molar-refractivity contribution in [3.8, 4) is 0 Å². The Morgan fingerprint density at radius 3 is 2.86 bits per heavy atom. The van der Waals surface area contributed by atoms with E-state index in [4.69, 9.17) is 0 Å². The minimum absolute atomic E-state index is 0. The van der Waals surface area contributed by atoms with E-state index in [-0.39, 0.29) is 36.3 Å². The molecule has 3 N–H and O–H groups in total. The third-order valence-electron chi connectivity index (χ3n) is 3.35. The highest BCUT2D eigenvalue weighted by molar-refractivity contribution is 5.85. The molecule has 1 aromatic rings. The summed E-state index contributed by atoms with van der Waals surface area (Å²) in [4.78, 5) is 21.9. The molecule has 1 aliphatic heterocycles. The Hall–Kier alpha value is -1.70. The van der Waals surface area contributed by atoms with Gasteiger partial charge in [-0.05, 0) is 5.56 Å². The Labute approximate surface area is 128 Å². The molecule has 0 spiro atoms. The standard InChI is InChI=1S/C13H17N3O4.ClH/c17-12-8-14-6-10(12)7-15-13(18)5-9-2-1-3-11(4-9)16(19)20;/h1-4,10,12,14,17H,5-8H2,(H,15,18);1H. The number of carbonyl (C=O) groups is 1. The van der Waals surface area contributed by atoms with Crippen molar-refractivity contribution >= 4 is 24.0 Å². The lowest BCUT2D eigenvalue weighted by molar-refractivity contribution is -0.384. The third kappa shape index (κ3) is 4.96. The van der Waals surface area contributed by atoms with Crippen LogP contribution in [0.5, 0.6) is 0 Å². The summed E-state index contributed by atoms with van der Waals surface area (Å²) < 4.78 is 0. The van der Waals surface area contributed by atoms with Crippen molar-refractivity contribution in [2.75, 3.05) is 19.6 Å². The maximum absolute atomic E-state index is 11.8. The van der Waals surface area contributed by atoms with Gasteiger partial charge in [-0.2, -0.15) is 0 Å².